The minimum Gasteiger partial charge on any atom is -0.497 e. The van der Waals surface area contributed by atoms with Gasteiger partial charge in [0, 0.05) is 5.56 Å². The molecule has 5 nitrogen and oxygen atoms in total. The van der Waals surface area contributed by atoms with Crippen LogP contribution in [0.3, 0.4) is 0 Å². The summed E-state index contributed by atoms with van der Waals surface area (Å²) < 4.78 is 22.9. The molecule has 0 N–H and O–H groups in total. The lowest BCUT2D eigenvalue weighted by Crippen LogP contribution is -2.00. The zero-order chi connectivity index (χ0) is 24.1. The van der Waals surface area contributed by atoms with Gasteiger partial charge in [-0.05, 0) is 68.8 Å². The van der Waals surface area contributed by atoms with Gasteiger partial charge in [0.05, 0.1) is 42.6 Å². The Bertz CT molecular complexity index is 1400. The molecule has 0 aliphatic carbocycles. The van der Waals surface area contributed by atoms with Crippen molar-refractivity contribution < 1.29 is 18.6 Å². The van der Waals surface area contributed by atoms with Gasteiger partial charge in [0.25, 0.3) is 0 Å². The quantitative estimate of drug-likeness (QED) is 0.305. The Labute approximate surface area is 199 Å². The van der Waals surface area contributed by atoms with Crippen LogP contribution >= 0.6 is 0 Å². The molecular formula is C29H29NO4. The van der Waals surface area contributed by atoms with E-state index in [1.807, 2.05) is 87.5 Å². The fourth-order valence-corrected chi connectivity index (χ4v) is 4.02. The van der Waals surface area contributed by atoms with Crippen molar-refractivity contribution in [2.75, 3.05) is 20.8 Å². The van der Waals surface area contributed by atoms with Crippen molar-refractivity contribution in [3.8, 4) is 17.2 Å². The van der Waals surface area contributed by atoms with E-state index in [1.165, 1.54) is 0 Å². The number of nitrogens with zero attached hydrogens (tertiary/aromatic N) is 1. The van der Waals surface area contributed by atoms with E-state index in [9.17, 15) is 0 Å². The number of fused-ring (bicyclic) bond motifs is 1. The van der Waals surface area contributed by atoms with Gasteiger partial charge in [-0.1, -0.05) is 30.4 Å². The Morgan fingerprint density at radius 2 is 1.56 bits per heavy atom. The molecule has 34 heavy (non-hydrogen) atoms. The Balaban J connectivity index is 1.98. The lowest BCUT2D eigenvalue weighted by molar-refractivity contribution is 0.344. The Kier molecular flexibility index (Phi) is 7.02. The molecule has 0 saturated heterocycles. The maximum absolute atomic E-state index is 6.07. The summed E-state index contributed by atoms with van der Waals surface area (Å²) in [7, 11) is 3.33. The van der Waals surface area contributed by atoms with Gasteiger partial charge in [0.2, 0.25) is 0 Å². The summed E-state index contributed by atoms with van der Waals surface area (Å²) in [4.78, 5) is 4.98. The number of ether oxygens (including phenoxy) is 3. The lowest BCUT2D eigenvalue weighted by atomic mass is 10.1. The number of hydrogen-bond donors (Lipinski definition) is 0. The third-order valence-corrected chi connectivity index (χ3v) is 5.58. The van der Waals surface area contributed by atoms with Crippen molar-refractivity contribution in [3.63, 3.8) is 0 Å². The summed E-state index contributed by atoms with van der Waals surface area (Å²) in [5.74, 6) is 3.98. The molecule has 4 rings (SSSR count). The largest absolute Gasteiger partial charge is 0.497 e. The molecule has 0 aliphatic rings. The van der Waals surface area contributed by atoms with Crippen molar-refractivity contribution in [1.82, 2.24) is 0 Å². The zero-order valence-corrected chi connectivity index (χ0v) is 20.2. The number of hydrogen-bond acceptors (Lipinski definition) is 5. The van der Waals surface area contributed by atoms with Gasteiger partial charge in [0.1, 0.15) is 28.8 Å². The Hall–Kier alpha value is -3.99. The smallest absolute Gasteiger partial charge is 0.131 e. The average molecular weight is 456 g/mol. The van der Waals surface area contributed by atoms with Crippen molar-refractivity contribution in [2.45, 2.75) is 20.8 Å². The standard InChI is InChI=1S/C29H29NO4/c1-6-33-27-18-21(11-12-22-9-7-8-10-26(22)32-5)17-25(28-19(2)34-20(3)29(27)28)30-23-13-15-24(31-4)16-14-23/h7-18H,6H2,1-5H3. The molecule has 1 heterocycles. The summed E-state index contributed by atoms with van der Waals surface area (Å²) in [5, 5.41) is 2.68. The molecule has 1 aromatic heterocycles. The van der Waals surface area contributed by atoms with Gasteiger partial charge in [-0.2, -0.15) is 0 Å². The van der Waals surface area contributed by atoms with E-state index in [1.54, 1.807) is 14.2 Å². The summed E-state index contributed by atoms with van der Waals surface area (Å²) in [5.41, 5.74) is 2.77. The summed E-state index contributed by atoms with van der Waals surface area (Å²) >= 11 is 0. The van der Waals surface area contributed by atoms with Crippen LogP contribution in [-0.2, 0) is 0 Å². The first kappa shape index (κ1) is 23.2. The number of aryl methyl sites for hydroxylation is 2. The summed E-state index contributed by atoms with van der Waals surface area (Å²) in [6.45, 7) is 6.44. The van der Waals surface area contributed by atoms with Crippen LogP contribution in [0.5, 0.6) is 17.2 Å². The van der Waals surface area contributed by atoms with Gasteiger partial charge < -0.3 is 18.6 Å². The predicted octanol–water partition coefficient (Wildman–Crippen LogP) is 6.87. The second-order valence-corrected chi connectivity index (χ2v) is 7.82. The van der Waals surface area contributed by atoms with Crippen LogP contribution in [-0.4, -0.2) is 20.8 Å². The van der Waals surface area contributed by atoms with Gasteiger partial charge >= 0.3 is 0 Å². The molecule has 0 radical (unpaired) electrons. The van der Waals surface area contributed by atoms with Crippen molar-refractivity contribution in [1.29, 1.82) is 0 Å². The summed E-state index contributed by atoms with van der Waals surface area (Å²) in [6, 6.07) is 19.7. The van der Waals surface area contributed by atoms with E-state index in [2.05, 4.69) is 6.07 Å². The second kappa shape index (κ2) is 10.3. The fraction of sp³-hybridized carbons (Fsp3) is 0.207. The van der Waals surface area contributed by atoms with E-state index in [4.69, 9.17) is 23.6 Å². The highest BCUT2D eigenvalue weighted by Crippen LogP contribution is 2.32. The Morgan fingerprint density at radius 3 is 2.26 bits per heavy atom. The monoisotopic (exact) mass is 455 g/mol. The van der Waals surface area contributed by atoms with Gasteiger partial charge in [-0.25, -0.2) is 4.99 Å². The molecule has 5 heteroatoms. The molecule has 0 bridgehead atoms. The molecule has 0 fully saturated rings. The first-order valence-corrected chi connectivity index (χ1v) is 11.2. The third kappa shape index (κ3) is 4.84. The molecule has 174 valence electrons. The highest BCUT2D eigenvalue weighted by Gasteiger charge is 2.14. The SMILES string of the molecule is CCOc1cc(C=Cc2ccccc2OC)cc(=Nc2ccc(OC)cc2)c2c(C)oc(C)c12. The zero-order valence-electron chi connectivity index (χ0n) is 20.2. The molecule has 0 amide bonds. The maximum Gasteiger partial charge on any atom is 0.131 e. The molecular weight excluding hydrogens is 426 g/mol. The minimum absolute atomic E-state index is 0.545. The molecule has 0 unspecified atom stereocenters. The Morgan fingerprint density at radius 1 is 0.824 bits per heavy atom. The number of benzene rings is 2. The van der Waals surface area contributed by atoms with Crippen LogP contribution in [0.4, 0.5) is 5.69 Å². The number of para-hydroxylation sites is 1. The number of methoxy groups -OCH3 is 2. The van der Waals surface area contributed by atoms with Crippen molar-refractivity contribution >= 4 is 28.6 Å². The van der Waals surface area contributed by atoms with Crippen LogP contribution in [0.25, 0.3) is 22.9 Å². The number of rotatable bonds is 7. The summed E-state index contributed by atoms with van der Waals surface area (Å²) in [6.07, 6.45) is 4.09. The van der Waals surface area contributed by atoms with E-state index >= 15 is 0 Å². The number of furan rings is 1. The molecule has 0 aliphatic heterocycles. The highest BCUT2D eigenvalue weighted by atomic mass is 16.5. The van der Waals surface area contributed by atoms with Gasteiger partial charge in [-0.15, -0.1) is 0 Å². The van der Waals surface area contributed by atoms with Crippen LogP contribution < -0.4 is 19.6 Å². The van der Waals surface area contributed by atoms with Crippen molar-refractivity contribution in [2.24, 2.45) is 4.99 Å². The topological polar surface area (TPSA) is 53.2 Å². The van der Waals surface area contributed by atoms with Gasteiger partial charge in [0.15, 0.2) is 0 Å². The first-order chi connectivity index (χ1) is 16.5. The molecule has 3 aromatic carbocycles. The van der Waals surface area contributed by atoms with Crippen LogP contribution in [0, 0.1) is 13.8 Å². The predicted molar refractivity (Wildman–Crippen MR) is 137 cm³/mol. The normalized spacial score (nSPS) is 11.9. The molecule has 0 spiro atoms. The van der Waals surface area contributed by atoms with Crippen LogP contribution in [0.2, 0.25) is 0 Å². The van der Waals surface area contributed by atoms with Crippen LogP contribution in [0.1, 0.15) is 29.6 Å². The fourth-order valence-electron chi connectivity index (χ4n) is 4.02. The van der Waals surface area contributed by atoms with E-state index in [-0.39, 0.29) is 0 Å². The second-order valence-electron chi connectivity index (χ2n) is 7.82. The average Bonchev–Trinajstić information content (AvgIpc) is 3.05. The molecule has 0 saturated carbocycles. The van der Waals surface area contributed by atoms with E-state index in [0.717, 1.165) is 61.7 Å². The van der Waals surface area contributed by atoms with E-state index < -0.39 is 0 Å². The highest BCUT2D eigenvalue weighted by molar-refractivity contribution is 5.92. The third-order valence-electron chi connectivity index (χ3n) is 5.58. The van der Waals surface area contributed by atoms with Crippen LogP contribution in [0.15, 0.2) is 70.1 Å². The first-order valence-electron chi connectivity index (χ1n) is 11.2. The van der Waals surface area contributed by atoms with E-state index in [0.29, 0.717) is 6.61 Å². The maximum atomic E-state index is 6.07. The minimum atomic E-state index is 0.545. The van der Waals surface area contributed by atoms with Gasteiger partial charge in [-0.3, -0.25) is 0 Å². The molecule has 0 atom stereocenters. The molecule has 4 aromatic rings. The van der Waals surface area contributed by atoms with Crippen molar-refractivity contribution in [3.05, 3.63) is 88.7 Å². The lowest BCUT2D eigenvalue weighted by Gasteiger charge is -2.04.